The van der Waals surface area contributed by atoms with E-state index < -0.39 is 48.2 Å². The number of fused-ring (bicyclic) bond motifs is 5. The van der Waals surface area contributed by atoms with E-state index in [0.717, 1.165) is 0 Å². The molecule has 0 unspecified atom stereocenters. The van der Waals surface area contributed by atoms with Crippen LogP contribution in [0.4, 0.5) is 0 Å². The zero-order valence-corrected chi connectivity index (χ0v) is 23.6. The smallest absolute Gasteiger partial charge is 0.393 e. The van der Waals surface area contributed by atoms with Gasteiger partial charge < -0.3 is 30.2 Å². The minimum absolute atomic E-state index is 0.0122. The average molecular weight is 545 g/mol. The van der Waals surface area contributed by atoms with Crippen LogP contribution in [0.25, 0.3) is 0 Å². The highest BCUT2D eigenvalue weighted by molar-refractivity contribution is 7.46. The molecule has 10 heteroatoms. The molecule has 0 heterocycles. The van der Waals surface area contributed by atoms with Gasteiger partial charge in [-0.1, -0.05) is 13.8 Å². The Hall–Kier alpha value is -0.640. The van der Waals surface area contributed by atoms with Gasteiger partial charge in [0, 0.05) is 11.3 Å². The van der Waals surface area contributed by atoms with E-state index in [1.165, 1.54) is 6.92 Å². The van der Waals surface area contributed by atoms with Crippen molar-refractivity contribution in [2.75, 3.05) is 0 Å². The van der Waals surface area contributed by atoms with Crippen molar-refractivity contribution in [3.63, 3.8) is 0 Å². The molecular formula is C27H45O9P. The van der Waals surface area contributed by atoms with E-state index in [1.807, 2.05) is 6.92 Å². The maximum atomic E-state index is 13.3. The van der Waals surface area contributed by atoms with Crippen LogP contribution in [-0.4, -0.2) is 65.0 Å². The number of rotatable bonds is 7. The summed E-state index contributed by atoms with van der Waals surface area (Å²) in [7, 11) is -4.96. The molecule has 0 amide bonds. The number of phosphoric ester groups is 1. The summed E-state index contributed by atoms with van der Waals surface area (Å²) in [4.78, 5) is 32.5. The Morgan fingerprint density at radius 3 is 2.32 bits per heavy atom. The van der Waals surface area contributed by atoms with Crippen LogP contribution in [-0.2, 0) is 13.9 Å². The monoisotopic (exact) mass is 544 g/mol. The third-order valence-corrected chi connectivity index (χ3v) is 11.2. The average Bonchev–Trinajstić information content (AvgIpc) is 3.03. The minimum atomic E-state index is -4.96. The normalized spacial score (nSPS) is 42.8. The molecule has 6 N–H and O–H groups in total. The summed E-state index contributed by atoms with van der Waals surface area (Å²) < 4.78 is 17.0. The van der Waals surface area contributed by atoms with Crippen molar-refractivity contribution in [2.45, 2.75) is 121 Å². The second-order valence-corrected chi connectivity index (χ2v) is 14.8. The fraction of sp³-hybridized carbons (Fsp3) is 0.889. The van der Waals surface area contributed by atoms with Crippen LogP contribution in [0, 0.1) is 28.6 Å². The zero-order valence-electron chi connectivity index (χ0n) is 22.7. The van der Waals surface area contributed by atoms with Crippen LogP contribution >= 0.6 is 7.82 Å². The lowest BCUT2D eigenvalue weighted by Crippen LogP contribution is -2.62. The van der Waals surface area contributed by atoms with Gasteiger partial charge in [0.2, 0.25) is 0 Å². The quantitative estimate of drug-likeness (QED) is 0.264. The summed E-state index contributed by atoms with van der Waals surface area (Å²) in [6, 6.07) is 0. The van der Waals surface area contributed by atoms with E-state index in [9.17, 15) is 39.6 Å². The summed E-state index contributed by atoms with van der Waals surface area (Å²) >= 11 is 0. The van der Waals surface area contributed by atoms with Crippen molar-refractivity contribution >= 4 is 13.6 Å². The van der Waals surface area contributed by atoms with Crippen molar-refractivity contribution in [2.24, 2.45) is 28.6 Å². The van der Waals surface area contributed by atoms with E-state index in [1.54, 1.807) is 19.9 Å². The number of carbonyl (C=O) groups is 1. The Morgan fingerprint density at radius 1 is 1.08 bits per heavy atom. The Morgan fingerprint density at radius 2 is 1.73 bits per heavy atom. The molecule has 212 valence electrons. The molecule has 0 aromatic carbocycles. The zero-order chi connectivity index (χ0) is 27.8. The van der Waals surface area contributed by atoms with Crippen LogP contribution < -0.4 is 0 Å². The van der Waals surface area contributed by atoms with E-state index in [-0.39, 0.29) is 35.9 Å². The van der Waals surface area contributed by atoms with Gasteiger partial charge in [0.15, 0.2) is 5.78 Å². The van der Waals surface area contributed by atoms with Gasteiger partial charge in [0.05, 0.1) is 29.0 Å². The van der Waals surface area contributed by atoms with Crippen molar-refractivity contribution in [3.8, 4) is 0 Å². The van der Waals surface area contributed by atoms with Gasteiger partial charge >= 0.3 is 7.82 Å². The lowest BCUT2D eigenvalue weighted by molar-refractivity contribution is -0.170. The Bertz CT molecular complexity index is 996. The van der Waals surface area contributed by atoms with Gasteiger partial charge in [0.25, 0.3) is 0 Å². The highest BCUT2D eigenvalue weighted by Gasteiger charge is 2.69. The number of carbonyl (C=O) groups excluding carboxylic acids is 1. The highest BCUT2D eigenvalue weighted by atomic mass is 31.2. The van der Waals surface area contributed by atoms with Crippen molar-refractivity contribution in [3.05, 3.63) is 11.6 Å². The van der Waals surface area contributed by atoms with Gasteiger partial charge in [-0.3, -0.25) is 9.32 Å². The standard InChI is InChI=1S/C27H45O9P/c1-23(2,30)10-9-22(36-37(33,34)35)26(5,31)21-8-13-27(32)18-15-20(29)19-14-16(28)6-11-24(19,3)17(18)7-12-25(21,27)4/h15-17,19,21-22,28,30-32H,6-14H2,1-5H3,(H2,33,34,35)/t16-,17-,19-,21-,22+,24+,25+,26+,27+/m0/s1. The summed E-state index contributed by atoms with van der Waals surface area (Å²) in [6.45, 7) is 8.68. The maximum absolute atomic E-state index is 13.3. The third kappa shape index (κ3) is 4.93. The number of aliphatic hydroxyl groups excluding tert-OH is 1. The molecule has 4 rings (SSSR count). The van der Waals surface area contributed by atoms with Gasteiger partial charge in [-0.05, 0) is 107 Å². The van der Waals surface area contributed by atoms with Crippen LogP contribution in [0.2, 0.25) is 0 Å². The minimum Gasteiger partial charge on any atom is -0.393 e. The number of allylic oxidation sites excluding steroid dienone is 1. The molecule has 4 aliphatic rings. The molecule has 9 atom stereocenters. The molecule has 3 saturated carbocycles. The second kappa shape index (κ2) is 9.20. The fourth-order valence-corrected chi connectivity index (χ4v) is 9.23. The Kier molecular flexibility index (Phi) is 7.30. The first kappa shape index (κ1) is 29.3. The molecule has 0 bridgehead atoms. The number of hydrogen-bond donors (Lipinski definition) is 6. The lowest BCUT2D eigenvalue weighted by Gasteiger charge is -2.60. The van der Waals surface area contributed by atoms with E-state index in [0.29, 0.717) is 50.5 Å². The molecule has 37 heavy (non-hydrogen) atoms. The summed E-state index contributed by atoms with van der Waals surface area (Å²) in [5.41, 5.74) is -4.70. The molecule has 0 spiro atoms. The number of aliphatic hydroxyl groups is 4. The first-order valence-corrected chi connectivity index (χ1v) is 15.1. The molecule has 0 aromatic heterocycles. The first-order valence-electron chi connectivity index (χ1n) is 13.6. The summed E-state index contributed by atoms with van der Waals surface area (Å²) in [5.74, 6) is -0.921. The lowest BCUT2D eigenvalue weighted by atomic mass is 9.46. The summed E-state index contributed by atoms with van der Waals surface area (Å²) in [6.07, 6.45) is 3.74. The molecule has 0 aromatic rings. The molecule has 4 aliphatic carbocycles. The topological polar surface area (TPSA) is 165 Å². The van der Waals surface area contributed by atoms with Crippen LogP contribution in [0.15, 0.2) is 11.6 Å². The van der Waals surface area contributed by atoms with Crippen molar-refractivity contribution in [1.82, 2.24) is 0 Å². The molecule has 0 saturated heterocycles. The largest absolute Gasteiger partial charge is 0.469 e. The van der Waals surface area contributed by atoms with Crippen molar-refractivity contribution < 1.29 is 44.1 Å². The predicted octanol–water partition coefficient (Wildman–Crippen LogP) is 3.00. The maximum Gasteiger partial charge on any atom is 0.469 e. The molecular weight excluding hydrogens is 499 g/mol. The summed E-state index contributed by atoms with van der Waals surface area (Å²) in [5, 5.41) is 44.7. The SMILES string of the molecule is CC(C)(O)CC[C@@H](OP(=O)(O)O)[C@](C)(O)[C@H]1CC[C@@]2(O)C3=CC(=O)[C@@H]4C[C@@H](O)CC[C@]4(C)[C@H]3CC[C@]12C. The Balaban J connectivity index is 1.70. The molecule has 0 radical (unpaired) electrons. The number of ketones is 1. The van der Waals surface area contributed by atoms with E-state index in [4.69, 9.17) is 4.52 Å². The highest BCUT2D eigenvalue weighted by Crippen LogP contribution is 2.69. The molecule has 3 fully saturated rings. The van der Waals surface area contributed by atoms with Crippen LogP contribution in [0.1, 0.15) is 92.4 Å². The van der Waals surface area contributed by atoms with Gasteiger partial charge in [-0.15, -0.1) is 0 Å². The van der Waals surface area contributed by atoms with Gasteiger partial charge in [-0.2, -0.15) is 0 Å². The number of hydrogen-bond acceptors (Lipinski definition) is 7. The van der Waals surface area contributed by atoms with E-state index in [2.05, 4.69) is 6.92 Å². The predicted molar refractivity (Wildman–Crippen MR) is 136 cm³/mol. The van der Waals surface area contributed by atoms with Crippen LogP contribution in [0.5, 0.6) is 0 Å². The third-order valence-electron chi connectivity index (χ3n) is 10.7. The number of phosphoric acid groups is 1. The first-order chi connectivity index (χ1) is 16.7. The molecule has 9 nitrogen and oxygen atoms in total. The van der Waals surface area contributed by atoms with Gasteiger partial charge in [-0.25, -0.2) is 4.57 Å². The van der Waals surface area contributed by atoms with Gasteiger partial charge in [0.1, 0.15) is 0 Å². The van der Waals surface area contributed by atoms with E-state index >= 15 is 0 Å². The molecule has 0 aliphatic heterocycles. The van der Waals surface area contributed by atoms with Crippen LogP contribution in [0.3, 0.4) is 0 Å². The fourth-order valence-electron chi connectivity index (χ4n) is 8.58. The Labute approximate surface area is 219 Å². The second-order valence-electron chi connectivity index (χ2n) is 13.6. The van der Waals surface area contributed by atoms with Crippen molar-refractivity contribution in [1.29, 1.82) is 0 Å².